The lowest BCUT2D eigenvalue weighted by molar-refractivity contribution is -0.142. The van der Waals surface area contributed by atoms with Gasteiger partial charge < -0.3 is 18.0 Å². The summed E-state index contributed by atoms with van der Waals surface area (Å²) in [4.78, 5) is 10.8. The number of hydrogen-bond donors (Lipinski definition) is 1. The first-order chi connectivity index (χ1) is 12.0. The number of carbonyl (C=O) groups is 1. The molecule has 0 amide bonds. The van der Waals surface area contributed by atoms with E-state index in [1.165, 1.54) is 32.6 Å². The van der Waals surface area contributed by atoms with Crippen LogP contribution in [0.3, 0.4) is 0 Å². The standard InChI is InChI=1S/C18H38O5SSi/c1-5-20-25(21-6-2,22-7-3)16-14-12-10-8-9-11-13-15-18(24)23-17(4)19/h18,24H,5-16H2,1-4H3. The van der Waals surface area contributed by atoms with Crippen LogP contribution in [0.4, 0.5) is 0 Å². The third-order valence-electron chi connectivity index (χ3n) is 3.83. The van der Waals surface area contributed by atoms with Crippen LogP contribution in [-0.2, 0) is 22.8 Å². The van der Waals surface area contributed by atoms with Crippen molar-refractivity contribution in [2.24, 2.45) is 0 Å². The Kier molecular flexibility index (Phi) is 16.1. The largest absolute Gasteiger partial charge is 0.500 e. The fourth-order valence-electron chi connectivity index (χ4n) is 2.80. The van der Waals surface area contributed by atoms with Crippen LogP contribution in [0.2, 0.25) is 6.04 Å². The van der Waals surface area contributed by atoms with E-state index in [-0.39, 0.29) is 11.4 Å². The molecule has 1 unspecified atom stereocenters. The minimum atomic E-state index is -2.45. The van der Waals surface area contributed by atoms with E-state index in [9.17, 15) is 4.79 Å². The zero-order valence-corrected chi connectivity index (χ0v) is 18.4. The van der Waals surface area contributed by atoms with E-state index >= 15 is 0 Å². The lowest BCUT2D eigenvalue weighted by Crippen LogP contribution is -2.45. The van der Waals surface area contributed by atoms with Crippen LogP contribution in [0, 0.1) is 0 Å². The van der Waals surface area contributed by atoms with Gasteiger partial charge in [0.1, 0.15) is 5.44 Å². The Labute approximate surface area is 160 Å². The monoisotopic (exact) mass is 394 g/mol. The Morgan fingerprint density at radius 1 is 0.840 bits per heavy atom. The molecular formula is C18H38O5SSi. The number of rotatable bonds is 17. The number of hydrogen-bond acceptors (Lipinski definition) is 6. The topological polar surface area (TPSA) is 54.0 Å². The molecule has 0 radical (unpaired) electrons. The predicted octanol–water partition coefficient (Wildman–Crippen LogP) is 4.97. The summed E-state index contributed by atoms with van der Waals surface area (Å²) < 4.78 is 22.6. The summed E-state index contributed by atoms with van der Waals surface area (Å²) in [5, 5.41) is 0. The first-order valence-corrected chi connectivity index (χ1v) is 12.2. The minimum absolute atomic E-state index is 0.258. The van der Waals surface area contributed by atoms with Gasteiger partial charge in [-0.15, -0.1) is 12.6 Å². The van der Waals surface area contributed by atoms with E-state index in [0.29, 0.717) is 19.8 Å². The molecule has 0 aromatic heterocycles. The van der Waals surface area contributed by atoms with Gasteiger partial charge in [-0.1, -0.05) is 32.1 Å². The third kappa shape index (κ3) is 13.7. The maximum Gasteiger partial charge on any atom is 0.500 e. The van der Waals surface area contributed by atoms with Crippen molar-refractivity contribution in [2.45, 2.75) is 90.5 Å². The van der Waals surface area contributed by atoms with Gasteiger partial charge >= 0.3 is 14.8 Å². The molecule has 1 atom stereocenters. The van der Waals surface area contributed by atoms with Crippen LogP contribution in [0.1, 0.15) is 79.1 Å². The lowest BCUT2D eigenvalue weighted by Gasteiger charge is -2.28. The summed E-state index contributed by atoms with van der Waals surface area (Å²) >= 11 is 4.24. The van der Waals surface area contributed by atoms with Crippen molar-refractivity contribution < 1.29 is 22.8 Å². The Hall–Kier alpha value is -0.0831. The number of thiol groups is 1. The average Bonchev–Trinajstić information content (AvgIpc) is 2.53. The summed E-state index contributed by atoms with van der Waals surface area (Å²) in [6.07, 6.45) is 8.99. The zero-order valence-electron chi connectivity index (χ0n) is 16.6. The minimum Gasteiger partial charge on any atom is -0.452 e. The van der Waals surface area contributed by atoms with Crippen LogP contribution < -0.4 is 0 Å². The molecule has 0 aromatic rings. The average molecular weight is 395 g/mol. The van der Waals surface area contributed by atoms with Crippen molar-refractivity contribution >= 4 is 27.4 Å². The summed E-state index contributed by atoms with van der Waals surface area (Å²) in [7, 11) is -2.45. The summed E-state index contributed by atoms with van der Waals surface area (Å²) in [6.45, 7) is 9.34. The maximum atomic E-state index is 10.8. The molecule has 0 heterocycles. The molecule has 0 aliphatic heterocycles. The van der Waals surface area contributed by atoms with Gasteiger partial charge in [-0.25, -0.2) is 0 Å². The van der Waals surface area contributed by atoms with Crippen molar-refractivity contribution in [1.29, 1.82) is 0 Å². The number of carbonyl (C=O) groups excluding carboxylic acids is 1. The Bertz CT molecular complexity index is 314. The second-order valence-corrected chi connectivity index (χ2v) is 9.37. The number of ether oxygens (including phenoxy) is 1. The van der Waals surface area contributed by atoms with Gasteiger partial charge in [0.2, 0.25) is 0 Å². The van der Waals surface area contributed by atoms with Crippen molar-refractivity contribution in [1.82, 2.24) is 0 Å². The van der Waals surface area contributed by atoms with E-state index in [1.807, 2.05) is 20.8 Å². The van der Waals surface area contributed by atoms with Gasteiger partial charge in [0.25, 0.3) is 0 Å². The summed E-state index contributed by atoms with van der Waals surface area (Å²) in [5.41, 5.74) is -0.258. The van der Waals surface area contributed by atoms with Gasteiger partial charge in [-0.3, -0.25) is 4.79 Å². The molecule has 0 fully saturated rings. The molecule has 0 spiro atoms. The van der Waals surface area contributed by atoms with Crippen LogP contribution in [0.15, 0.2) is 0 Å². The SMILES string of the molecule is CCO[Si](CCCCCCCCCC(S)OC(C)=O)(OCC)OCC. The highest BCUT2D eigenvalue weighted by molar-refractivity contribution is 7.80. The van der Waals surface area contributed by atoms with E-state index in [1.54, 1.807) is 0 Å². The van der Waals surface area contributed by atoms with Crippen molar-refractivity contribution in [3.05, 3.63) is 0 Å². The fourth-order valence-corrected chi connectivity index (χ4v) is 5.81. The van der Waals surface area contributed by atoms with E-state index in [2.05, 4.69) is 12.6 Å². The molecular weight excluding hydrogens is 356 g/mol. The molecule has 0 N–H and O–H groups in total. The lowest BCUT2D eigenvalue weighted by atomic mass is 10.1. The molecule has 5 nitrogen and oxygen atoms in total. The van der Waals surface area contributed by atoms with E-state index in [0.717, 1.165) is 31.7 Å². The number of unbranched alkanes of at least 4 members (excludes halogenated alkanes) is 6. The van der Waals surface area contributed by atoms with Gasteiger partial charge in [0.05, 0.1) is 0 Å². The molecule has 150 valence electrons. The van der Waals surface area contributed by atoms with Crippen LogP contribution in [0.25, 0.3) is 0 Å². The highest BCUT2D eigenvalue weighted by Crippen LogP contribution is 2.21. The first-order valence-electron chi connectivity index (χ1n) is 9.76. The fraction of sp³-hybridized carbons (Fsp3) is 0.944. The van der Waals surface area contributed by atoms with Crippen molar-refractivity contribution in [3.8, 4) is 0 Å². The van der Waals surface area contributed by atoms with Gasteiger partial charge in [0.15, 0.2) is 0 Å². The zero-order chi connectivity index (χ0) is 19.0. The van der Waals surface area contributed by atoms with Gasteiger partial charge in [-0.05, 0) is 40.0 Å². The van der Waals surface area contributed by atoms with E-state index in [4.69, 9.17) is 18.0 Å². The van der Waals surface area contributed by atoms with E-state index < -0.39 is 8.80 Å². The smallest absolute Gasteiger partial charge is 0.452 e. The molecule has 0 saturated carbocycles. The normalized spacial score (nSPS) is 13.0. The molecule has 0 saturated heterocycles. The molecule has 25 heavy (non-hydrogen) atoms. The Morgan fingerprint density at radius 3 is 1.72 bits per heavy atom. The Morgan fingerprint density at radius 2 is 1.28 bits per heavy atom. The quantitative estimate of drug-likeness (QED) is 0.124. The van der Waals surface area contributed by atoms with Crippen LogP contribution >= 0.6 is 12.6 Å². The second kappa shape index (κ2) is 16.1. The third-order valence-corrected chi connectivity index (χ3v) is 7.34. The van der Waals surface area contributed by atoms with Crippen molar-refractivity contribution in [2.75, 3.05) is 19.8 Å². The van der Waals surface area contributed by atoms with Gasteiger partial charge in [0, 0.05) is 32.8 Å². The highest BCUT2D eigenvalue weighted by Gasteiger charge is 2.39. The highest BCUT2D eigenvalue weighted by atomic mass is 32.1. The molecule has 0 bridgehead atoms. The summed E-state index contributed by atoms with van der Waals surface area (Å²) in [6, 6.07) is 0.909. The predicted molar refractivity (Wildman–Crippen MR) is 107 cm³/mol. The molecule has 7 heteroatoms. The second-order valence-electron chi connectivity index (χ2n) is 6.06. The summed E-state index contributed by atoms with van der Waals surface area (Å²) in [5.74, 6) is -0.259. The Balaban J connectivity index is 3.73. The molecule has 0 aliphatic carbocycles. The first kappa shape index (κ1) is 24.9. The molecule has 0 rings (SSSR count). The van der Waals surface area contributed by atoms with Gasteiger partial charge in [-0.2, -0.15) is 0 Å². The van der Waals surface area contributed by atoms with Crippen LogP contribution in [0.5, 0.6) is 0 Å². The molecule has 0 aromatic carbocycles. The number of esters is 1. The van der Waals surface area contributed by atoms with Crippen LogP contribution in [-0.4, -0.2) is 40.0 Å². The molecule has 0 aliphatic rings. The van der Waals surface area contributed by atoms with Crippen molar-refractivity contribution in [3.63, 3.8) is 0 Å². The maximum absolute atomic E-state index is 10.8.